The summed E-state index contributed by atoms with van der Waals surface area (Å²) in [6, 6.07) is 3.17. The summed E-state index contributed by atoms with van der Waals surface area (Å²) in [5.74, 6) is 0.123. The molecule has 0 spiro atoms. The van der Waals surface area contributed by atoms with Gasteiger partial charge in [-0.15, -0.1) is 10.2 Å². The van der Waals surface area contributed by atoms with E-state index in [0.29, 0.717) is 18.1 Å². The maximum Gasteiger partial charge on any atom is 0.271 e. The highest BCUT2D eigenvalue weighted by Crippen LogP contribution is 2.33. The summed E-state index contributed by atoms with van der Waals surface area (Å²) in [7, 11) is 4.14. The first-order chi connectivity index (χ1) is 9.03. The number of nitrogen functional groups attached to an aromatic ring is 1. The molecule has 1 heterocycles. The van der Waals surface area contributed by atoms with Crippen molar-refractivity contribution < 1.29 is 4.79 Å². The van der Waals surface area contributed by atoms with Gasteiger partial charge in [0.05, 0.1) is 0 Å². The van der Waals surface area contributed by atoms with Gasteiger partial charge in [-0.1, -0.05) is 12.8 Å². The molecule has 1 aliphatic carbocycles. The van der Waals surface area contributed by atoms with Gasteiger partial charge in [-0.2, -0.15) is 0 Å². The van der Waals surface area contributed by atoms with Crippen LogP contribution in [0.15, 0.2) is 12.1 Å². The Morgan fingerprint density at radius 1 is 1.37 bits per heavy atom. The van der Waals surface area contributed by atoms with Gasteiger partial charge in [0.25, 0.3) is 5.91 Å². The Kier molecular flexibility index (Phi) is 3.99. The van der Waals surface area contributed by atoms with E-state index >= 15 is 0 Å². The normalized spacial score (nSPS) is 17.6. The molecule has 1 fully saturated rings. The summed E-state index contributed by atoms with van der Waals surface area (Å²) in [6.45, 7) is 0.644. The number of aromatic nitrogens is 2. The van der Waals surface area contributed by atoms with Crippen LogP contribution in [0.5, 0.6) is 0 Å². The third-order valence-electron chi connectivity index (χ3n) is 3.98. The lowest BCUT2D eigenvalue weighted by Crippen LogP contribution is -2.50. The molecule has 1 aromatic rings. The Balaban J connectivity index is 1.97. The van der Waals surface area contributed by atoms with Crippen molar-refractivity contribution in [3.05, 3.63) is 17.8 Å². The molecule has 6 heteroatoms. The van der Waals surface area contributed by atoms with E-state index in [4.69, 9.17) is 5.73 Å². The van der Waals surface area contributed by atoms with Gasteiger partial charge in [0, 0.05) is 12.1 Å². The number of likely N-dealkylation sites (N-methyl/N-ethyl adjacent to an activating group) is 1. The summed E-state index contributed by atoms with van der Waals surface area (Å²) >= 11 is 0. The van der Waals surface area contributed by atoms with E-state index in [9.17, 15) is 4.79 Å². The second-order valence-electron chi connectivity index (χ2n) is 5.35. The molecule has 0 unspecified atom stereocenters. The van der Waals surface area contributed by atoms with Crippen LogP contribution in [-0.2, 0) is 0 Å². The van der Waals surface area contributed by atoms with E-state index in [2.05, 4.69) is 34.5 Å². The number of nitrogens with one attached hydrogen (secondary N) is 1. The van der Waals surface area contributed by atoms with Gasteiger partial charge in [0.15, 0.2) is 5.69 Å². The van der Waals surface area contributed by atoms with E-state index in [1.807, 2.05) is 0 Å². The quantitative estimate of drug-likeness (QED) is 0.834. The Labute approximate surface area is 113 Å². The molecule has 104 valence electrons. The minimum atomic E-state index is -0.194. The highest BCUT2D eigenvalue weighted by Gasteiger charge is 2.36. The van der Waals surface area contributed by atoms with Crippen LogP contribution in [0.25, 0.3) is 0 Å². The Morgan fingerprint density at radius 3 is 2.58 bits per heavy atom. The smallest absolute Gasteiger partial charge is 0.271 e. The number of anilines is 1. The highest BCUT2D eigenvalue weighted by molar-refractivity contribution is 5.92. The lowest BCUT2D eigenvalue weighted by Gasteiger charge is -2.36. The molecular weight excluding hydrogens is 242 g/mol. The van der Waals surface area contributed by atoms with Crippen LogP contribution in [0, 0.1) is 0 Å². The van der Waals surface area contributed by atoms with E-state index in [-0.39, 0.29) is 11.4 Å². The van der Waals surface area contributed by atoms with Crippen LogP contribution in [0.1, 0.15) is 36.2 Å². The Hall–Kier alpha value is -1.69. The van der Waals surface area contributed by atoms with Gasteiger partial charge in [-0.05, 0) is 39.1 Å². The SMILES string of the molecule is CN(C)C1(CNC(=O)c2ccc(N)nn2)CCCC1. The number of nitrogens with zero attached hydrogens (tertiary/aromatic N) is 3. The van der Waals surface area contributed by atoms with Crippen molar-refractivity contribution in [1.29, 1.82) is 0 Å². The number of carbonyl (C=O) groups excluding carboxylic acids is 1. The number of hydrogen-bond acceptors (Lipinski definition) is 5. The summed E-state index contributed by atoms with van der Waals surface area (Å²) in [5, 5.41) is 10.4. The summed E-state index contributed by atoms with van der Waals surface area (Å²) in [6.07, 6.45) is 4.67. The van der Waals surface area contributed by atoms with Crippen molar-refractivity contribution in [2.24, 2.45) is 0 Å². The van der Waals surface area contributed by atoms with E-state index in [1.54, 1.807) is 12.1 Å². The number of amides is 1. The third-order valence-corrected chi connectivity index (χ3v) is 3.98. The maximum atomic E-state index is 12.0. The largest absolute Gasteiger partial charge is 0.382 e. The van der Waals surface area contributed by atoms with Crippen LogP contribution >= 0.6 is 0 Å². The minimum Gasteiger partial charge on any atom is -0.382 e. The van der Waals surface area contributed by atoms with Crippen LogP contribution in [0.3, 0.4) is 0 Å². The average molecular weight is 263 g/mol. The molecule has 1 aromatic heterocycles. The van der Waals surface area contributed by atoms with Crippen molar-refractivity contribution in [1.82, 2.24) is 20.4 Å². The Morgan fingerprint density at radius 2 is 2.05 bits per heavy atom. The molecule has 19 heavy (non-hydrogen) atoms. The van der Waals surface area contributed by atoms with E-state index < -0.39 is 0 Å². The molecule has 0 saturated heterocycles. The number of carbonyl (C=O) groups is 1. The first-order valence-electron chi connectivity index (χ1n) is 6.58. The van der Waals surface area contributed by atoms with E-state index in [1.165, 1.54) is 12.8 Å². The predicted octanol–water partition coefficient (Wildman–Crippen LogP) is 0.663. The fourth-order valence-electron chi connectivity index (χ4n) is 2.61. The zero-order chi connectivity index (χ0) is 13.9. The second-order valence-corrected chi connectivity index (χ2v) is 5.35. The van der Waals surface area contributed by atoms with Gasteiger partial charge in [-0.25, -0.2) is 0 Å². The highest BCUT2D eigenvalue weighted by atomic mass is 16.1. The molecule has 0 atom stereocenters. The standard InChI is InChI=1S/C13H21N5O/c1-18(2)13(7-3-4-8-13)9-15-12(19)10-5-6-11(14)17-16-10/h5-6H,3-4,7-9H2,1-2H3,(H2,14,17)(H,15,19). The molecule has 1 aliphatic rings. The lowest BCUT2D eigenvalue weighted by atomic mass is 9.96. The zero-order valence-corrected chi connectivity index (χ0v) is 11.5. The van der Waals surface area contributed by atoms with Crippen LogP contribution < -0.4 is 11.1 Å². The molecule has 1 amide bonds. The maximum absolute atomic E-state index is 12.0. The van der Waals surface area contributed by atoms with Gasteiger partial charge >= 0.3 is 0 Å². The monoisotopic (exact) mass is 263 g/mol. The molecule has 6 nitrogen and oxygen atoms in total. The molecule has 2 rings (SSSR count). The zero-order valence-electron chi connectivity index (χ0n) is 11.5. The Bertz CT molecular complexity index is 437. The first-order valence-corrected chi connectivity index (χ1v) is 6.58. The van der Waals surface area contributed by atoms with Gasteiger partial charge in [-0.3, -0.25) is 4.79 Å². The van der Waals surface area contributed by atoms with Crippen LogP contribution in [0.4, 0.5) is 5.82 Å². The molecule has 1 saturated carbocycles. The number of nitrogens with two attached hydrogens (primary N) is 1. The topological polar surface area (TPSA) is 84.1 Å². The second kappa shape index (κ2) is 5.52. The predicted molar refractivity (Wildman–Crippen MR) is 73.7 cm³/mol. The molecule has 0 aliphatic heterocycles. The molecule has 0 radical (unpaired) electrons. The minimum absolute atomic E-state index is 0.0803. The van der Waals surface area contributed by atoms with Crippen LogP contribution in [-0.4, -0.2) is 47.2 Å². The van der Waals surface area contributed by atoms with Crippen molar-refractivity contribution in [2.75, 3.05) is 26.4 Å². The fourth-order valence-corrected chi connectivity index (χ4v) is 2.61. The van der Waals surface area contributed by atoms with Crippen molar-refractivity contribution in [3.63, 3.8) is 0 Å². The van der Waals surface area contributed by atoms with Crippen molar-refractivity contribution >= 4 is 11.7 Å². The molecule has 0 bridgehead atoms. The number of hydrogen-bond donors (Lipinski definition) is 2. The fraction of sp³-hybridized carbons (Fsp3) is 0.615. The van der Waals surface area contributed by atoms with Gasteiger partial charge in [0.2, 0.25) is 0 Å². The molecule has 3 N–H and O–H groups in total. The van der Waals surface area contributed by atoms with Crippen LogP contribution in [0.2, 0.25) is 0 Å². The molecule has 0 aromatic carbocycles. The first kappa shape index (κ1) is 13.7. The van der Waals surface area contributed by atoms with Gasteiger partial charge < -0.3 is 16.0 Å². The molecular formula is C13H21N5O. The van der Waals surface area contributed by atoms with Crippen molar-refractivity contribution in [3.8, 4) is 0 Å². The summed E-state index contributed by atoms with van der Waals surface area (Å²) in [4.78, 5) is 14.2. The lowest BCUT2D eigenvalue weighted by molar-refractivity contribution is 0.0894. The van der Waals surface area contributed by atoms with E-state index in [0.717, 1.165) is 12.8 Å². The van der Waals surface area contributed by atoms with Crippen molar-refractivity contribution in [2.45, 2.75) is 31.2 Å². The third kappa shape index (κ3) is 3.01. The average Bonchev–Trinajstić information content (AvgIpc) is 2.87. The summed E-state index contributed by atoms with van der Waals surface area (Å²) in [5.41, 5.74) is 5.84. The summed E-state index contributed by atoms with van der Waals surface area (Å²) < 4.78 is 0. The van der Waals surface area contributed by atoms with Gasteiger partial charge in [0.1, 0.15) is 5.82 Å². The number of rotatable bonds is 4.